The molecule has 2 N–H and O–H groups in total. The standard InChI is InChI=1S/C15H23NO2/c1-4-5-6-12(2)11-18-15(17)13-7-9-14(16-3)10-8-13/h7-10,12,16H,4-6,11H2,1-3H3/p+1. The Morgan fingerprint density at radius 2 is 2.00 bits per heavy atom. The second-order valence-corrected chi connectivity index (χ2v) is 4.76. The zero-order valence-electron chi connectivity index (χ0n) is 11.6. The van der Waals surface area contributed by atoms with Crippen molar-refractivity contribution in [2.75, 3.05) is 13.7 Å². The average molecular weight is 250 g/mol. The van der Waals surface area contributed by atoms with Gasteiger partial charge in [-0.25, -0.2) is 4.79 Å². The van der Waals surface area contributed by atoms with Crippen LogP contribution in [0.1, 0.15) is 43.5 Å². The maximum absolute atomic E-state index is 11.8. The SMILES string of the molecule is CCCCC(C)COC(=O)c1ccc([NH2+]C)cc1. The summed E-state index contributed by atoms with van der Waals surface area (Å²) >= 11 is 0. The summed E-state index contributed by atoms with van der Waals surface area (Å²) in [6, 6.07) is 7.48. The number of ether oxygens (including phenoxy) is 1. The molecule has 100 valence electrons. The minimum absolute atomic E-state index is 0.221. The molecule has 0 saturated heterocycles. The van der Waals surface area contributed by atoms with E-state index in [1.54, 1.807) is 0 Å². The van der Waals surface area contributed by atoms with Crippen LogP contribution in [0.3, 0.4) is 0 Å². The molecule has 1 atom stereocenters. The van der Waals surface area contributed by atoms with Gasteiger partial charge < -0.3 is 10.1 Å². The van der Waals surface area contributed by atoms with Crippen molar-refractivity contribution in [1.82, 2.24) is 0 Å². The third kappa shape index (κ3) is 4.88. The highest BCUT2D eigenvalue weighted by molar-refractivity contribution is 5.89. The van der Waals surface area contributed by atoms with Gasteiger partial charge in [0, 0.05) is 0 Å². The van der Waals surface area contributed by atoms with Crippen LogP contribution in [0.25, 0.3) is 0 Å². The minimum atomic E-state index is -0.221. The highest BCUT2D eigenvalue weighted by Crippen LogP contribution is 2.10. The zero-order valence-corrected chi connectivity index (χ0v) is 11.6. The van der Waals surface area contributed by atoms with Gasteiger partial charge in [0.1, 0.15) is 5.69 Å². The normalized spacial score (nSPS) is 12.2. The lowest BCUT2D eigenvalue weighted by Crippen LogP contribution is -2.72. The zero-order chi connectivity index (χ0) is 13.4. The Balaban J connectivity index is 2.39. The molecule has 0 aliphatic carbocycles. The predicted molar refractivity (Wildman–Crippen MR) is 72.9 cm³/mol. The molecule has 18 heavy (non-hydrogen) atoms. The Hall–Kier alpha value is -1.35. The second-order valence-electron chi connectivity index (χ2n) is 4.76. The molecule has 0 bridgehead atoms. The van der Waals surface area contributed by atoms with Crippen LogP contribution in [-0.4, -0.2) is 19.6 Å². The Kier molecular flexibility index (Phi) is 6.44. The number of carbonyl (C=O) groups excluding carboxylic acids is 1. The van der Waals surface area contributed by atoms with Gasteiger partial charge in [-0.2, -0.15) is 0 Å². The summed E-state index contributed by atoms with van der Waals surface area (Å²) in [5.74, 6) is 0.221. The van der Waals surface area contributed by atoms with Crippen molar-refractivity contribution in [2.24, 2.45) is 5.92 Å². The van der Waals surface area contributed by atoms with Crippen molar-refractivity contribution in [3.63, 3.8) is 0 Å². The molecule has 0 saturated carbocycles. The number of nitrogens with two attached hydrogens (primary N) is 1. The van der Waals surface area contributed by atoms with Crippen molar-refractivity contribution < 1.29 is 14.8 Å². The number of esters is 1. The summed E-state index contributed by atoms with van der Waals surface area (Å²) < 4.78 is 5.31. The van der Waals surface area contributed by atoms with Crippen LogP contribution in [0.15, 0.2) is 24.3 Å². The summed E-state index contributed by atoms with van der Waals surface area (Å²) in [4.78, 5) is 11.8. The molecular formula is C15H24NO2+. The van der Waals surface area contributed by atoms with E-state index < -0.39 is 0 Å². The molecule has 3 nitrogen and oxygen atoms in total. The second kappa shape index (κ2) is 7.88. The van der Waals surface area contributed by atoms with Crippen LogP contribution >= 0.6 is 0 Å². The van der Waals surface area contributed by atoms with E-state index in [4.69, 9.17) is 4.74 Å². The molecule has 0 radical (unpaired) electrons. The number of unbranched alkanes of at least 4 members (excludes halogenated alkanes) is 1. The predicted octanol–water partition coefficient (Wildman–Crippen LogP) is 2.49. The van der Waals surface area contributed by atoms with E-state index >= 15 is 0 Å². The Bertz CT molecular complexity index is 359. The number of benzene rings is 1. The first-order valence-electron chi connectivity index (χ1n) is 6.74. The molecule has 0 aliphatic heterocycles. The van der Waals surface area contributed by atoms with Crippen LogP contribution in [0.2, 0.25) is 0 Å². The highest BCUT2D eigenvalue weighted by Gasteiger charge is 2.10. The van der Waals surface area contributed by atoms with E-state index in [9.17, 15) is 4.79 Å². The maximum Gasteiger partial charge on any atom is 0.338 e. The fourth-order valence-corrected chi connectivity index (χ4v) is 1.75. The molecule has 3 heteroatoms. The molecule has 0 aliphatic rings. The molecule has 0 spiro atoms. The summed E-state index contributed by atoms with van der Waals surface area (Å²) in [6.07, 6.45) is 3.50. The van der Waals surface area contributed by atoms with Gasteiger partial charge in [0.05, 0.1) is 19.2 Å². The van der Waals surface area contributed by atoms with Crippen molar-refractivity contribution in [2.45, 2.75) is 33.1 Å². The molecule has 0 fully saturated rings. The number of hydrogen-bond acceptors (Lipinski definition) is 2. The number of rotatable bonds is 7. The first-order valence-corrected chi connectivity index (χ1v) is 6.74. The van der Waals surface area contributed by atoms with Crippen molar-refractivity contribution >= 4 is 11.7 Å². The molecule has 0 amide bonds. The van der Waals surface area contributed by atoms with Crippen LogP contribution in [0.4, 0.5) is 5.69 Å². The van der Waals surface area contributed by atoms with E-state index in [-0.39, 0.29) is 5.97 Å². The van der Waals surface area contributed by atoms with E-state index in [0.717, 1.165) is 12.1 Å². The van der Waals surface area contributed by atoms with Crippen molar-refractivity contribution in [3.05, 3.63) is 29.8 Å². The van der Waals surface area contributed by atoms with Gasteiger partial charge in [0.25, 0.3) is 0 Å². The van der Waals surface area contributed by atoms with Crippen molar-refractivity contribution in [3.8, 4) is 0 Å². The van der Waals surface area contributed by atoms with E-state index in [0.29, 0.717) is 18.1 Å². The summed E-state index contributed by atoms with van der Waals surface area (Å²) in [6.45, 7) is 4.81. The van der Waals surface area contributed by atoms with Crippen molar-refractivity contribution in [1.29, 1.82) is 0 Å². The Labute approximate surface area is 110 Å². The van der Waals surface area contributed by atoms with Crippen LogP contribution in [-0.2, 0) is 4.74 Å². The molecule has 0 aromatic heterocycles. The topological polar surface area (TPSA) is 42.9 Å². The summed E-state index contributed by atoms with van der Waals surface area (Å²) in [5.41, 5.74) is 1.74. The summed E-state index contributed by atoms with van der Waals surface area (Å²) in [7, 11) is 1.97. The molecule has 1 aromatic carbocycles. The largest absolute Gasteiger partial charge is 0.462 e. The van der Waals surface area contributed by atoms with Gasteiger partial charge in [-0.3, -0.25) is 0 Å². The van der Waals surface area contributed by atoms with Gasteiger partial charge >= 0.3 is 5.97 Å². The molecular weight excluding hydrogens is 226 g/mol. The lowest BCUT2D eigenvalue weighted by atomic mass is 10.1. The number of carbonyl (C=O) groups is 1. The maximum atomic E-state index is 11.8. The van der Waals surface area contributed by atoms with E-state index in [1.807, 2.05) is 36.6 Å². The average Bonchev–Trinajstić information content (AvgIpc) is 2.42. The van der Waals surface area contributed by atoms with Crippen LogP contribution in [0, 0.1) is 5.92 Å². The van der Waals surface area contributed by atoms with Gasteiger partial charge in [-0.05, 0) is 36.6 Å². The first kappa shape index (κ1) is 14.7. The third-order valence-electron chi connectivity index (χ3n) is 3.03. The number of quaternary nitrogens is 1. The Morgan fingerprint density at radius 1 is 1.33 bits per heavy atom. The number of hydrogen-bond donors (Lipinski definition) is 1. The van der Waals surface area contributed by atoms with Crippen LogP contribution in [0.5, 0.6) is 0 Å². The minimum Gasteiger partial charge on any atom is -0.462 e. The fourth-order valence-electron chi connectivity index (χ4n) is 1.75. The highest BCUT2D eigenvalue weighted by atomic mass is 16.5. The lowest BCUT2D eigenvalue weighted by Gasteiger charge is -2.11. The molecule has 1 aromatic rings. The van der Waals surface area contributed by atoms with Gasteiger partial charge in [-0.1, -0.05) is 26.7 Å². The van der Waals surface area contributed by atoms with Gasteiger partial charge in [-0.15, -0.1) is 0 Å². The lowest BCUT2D eigenvalue weighted by molar-refractivity contribution is -0.539. The van der Waals surface area contributed by atoms with E-state index in [1.165, 1.54) is 12.8 Å². The first-order chi connectivity index (χ1) is 8.67. The van der Waals surface area contributed by atoms with Gasteiger partial charge in [0.2, 0.25) is 0 Å². The third-order valence-corrected chi connectivity index (χ3v) is 3.03. The Morgan fingerprint density at radius 3 is 2.56 bits per heavy atom. The monoisotopic (exact) mass is 250 g/mol. The fraction of sp³-hybridized carbons (Fsp3) is 0.533. The van der Waals surface area contributed by atoms with E-state index in [2.05, 4.69) is 13.8 Å². The summed E-state index contributed by atoms with van der Waals surface area (Å²) in [5, 5.41) is 2.00. The molecule has 1 unspecified atom stereocenters. The smallest absolute Gasteiger partial charge is 0.338 e. The quantitative estimate of drug-likeness (QED) is 0.597. The van der Waals surface area contributed by atoms with Crippen LogP contribution < -0.4 is 5.32 Å². The van der Waals surface area contributed by atoms with Gasteiger partial charge in [0.15, 0.2) is 0 Å². The molecule has 1 rings (SSSR count). The molecule has 0 heterocycles.